The van der Waals surface area contributed by atoms with Crippen LogP contribution in [0.4, 0.5) is 14.5 Å². The number of alkyl halides is 2. The number of rotatable bonds is 3. The van der Waals surface area contributed by atoms with Gasteiger partial charge in [-0.05, 0) is 13.0 Å². The number of nitro groups is 1. The third-order valence-corrected chi connectivity index (χ3v) is 1.75. The first-order chi connectivity index (χ1) is 6.97. The highest BCUT2D eigenvalue weighted by atomic mass is 19.3. The first-order valence-electron chi connectivity index (χ1n) is 3.86. The van der Waals surface area contributed by atoms with E-state index in [1.807, 2.05) is 0 Å². The maximum absolute atomic E-state index is 12.2. The number of nitrogens with zero attached hydrogens (tertiary/aromatic N) is 2. The van der Waals surface area contributed by atoms with E-state index in [4.69, 9.17) is 0 Å². The van der Waals surface area contributed by atoms with E-state index in [1.54, 1.807) is 0 Å². The Morgan fingerprint density at radius 1 is 1.60 bits per heavy atom. The summed E-state index contributed by atoms with van der Waals surface area (Å²) in [5.41, 5.74) is -1.75. The van der Waals surface area contributed by atoms with Gasteiger partial charge in [0, 0.05) is 5.56 Å². The number of aromatic nitrogens is 1. The third kappa shape index (κ3) is 2.12. The number of aldehydes is 1. The van der Waals surface area contributed by atoms with Gasteiger partial charge in [-0.25, -0.2) is 13.8 Å². The van der Waals surface area contributed by atoms with Crippen LogP contribution in [0.25, 0.3) is 0 Å². The maximum atomic E-state index is 12.2. The Morgan fingerprint density at radius 2 is 2.20 bits per heavy atom. The van der Waals surface area contributed by atoms with Gasteiger partial charge in [0.25, 0.3) is 6.43 Å². The summed E-state index contributed by atoms with van der Waals surface area (Å²) in [6, 6.07) is 0.899. The molecule has 0 saturated heterocycles. The van der Waals surface area contributed by atoms with Crippen LogP contribution in [0.15, 0.2) is 6.07 Å². The molecule has 0 bridgehead atoms. The molecule has 5 nitrogen and oxygen atoms in total. The van der Waals surface area contributed by atoms with Gasteiger partial charge >= 0.3 is 5.69 Å². The molecule has 0 radical (unpaired) electrons. The molecule has 0 aromatic carbocycles. The van der Waals surface area contributed by atoms with Crippen molar-refractivity contribution in [3.05, 3.63) is 33.1 Å². The number of carbonyl (C=O) groups excluding carboxylic acids is 1. The van der Waals surface area contributed by atoms with Crippen LogP contribution in [0.1, 0.15) is 28.2 Å². The van der Waals surface area contributed by atoms with E-state index < -0.39 is 28.4 Å². The molecule has 0 spiro atoms. The molecule has 0 aliphatic carbocycles. The monoisotopic (exact) mass is 216 g/mol. The van der Waals surface area contributed by atoms with Gasteiger partial charge < -0.3 is 0 Å². The van der Waals surface area contributed by atoms with E-state index in [1.165, 1.54) is 6.92 Å². The minimum atomic E-state index is -2.86. The molecular weight excluding hydrogens is 210 g/mol. The second-order valence-corrected chi connectivity index (χ2v) is 2.77. The minimum Gasteiger partial charge on any atom is -0.296 e. The molecule has 0 saturated carbocycles. The van der Waals surface area contributed by atoms with Gasteiger partial charge in [-0.2, -0.15) is 0 Å². The van der Waals surface area contributed by atoms with Gasteiger partial charge in [-0.15, -0.1) is 0 Å². The number of hydrogen-bond acceptors (Lipinski definition) is 4. The van der Waals surface area contributed by atoms with Crippen LogP contribution in [0, 0.1) is 17.0 Å². The Hall–Kier alpha value is -1.92. The fraction of sp³-hybridized carbons (Fsp3) is 0.250. The zero-order valence-corrected chi connectivity index (χ0v) is 7.61. The molecule has 0 amide bonds. The average molecular weight is 216 g/mol. The molecule has 1 heterocycles. The van der Waals surface area contributed by atoms with Crippen LogP contribution in [0.5, 0.6) is 0 Å². The molecule has 0 aliphatic rings. The lowest BCUT2D eigenvalue weighted by Gasteiger charge is -2.03. The van der Waals surface area contributed by atoms with Gasteiger partial charge in [-0.1, -0.05) is 0 Å². The summed E-state index contributed by atoms with van der Waals surface area (Å²) in [6.45, 7) is 1.28. The third-order valence-electron chi connectivity index (χ3n) is 1.75. The summed E-state index contributed by atoms with van der Waals surface area (Å²) in [5, 5.41) is 10.5. The van der Waals surface area contributed by atoms with Gasteiger partial charge in [0.05, 0.1) is 4.92 Å². The first kappa shape index (κ1) is 11.2. The minimum absolute atomic E-state index is 0.00704. The van der Waals surface area contributed by atoms with Crippen molar-refractivity contribution >= 4 is 12.0 Å². The maximum Gasteiger partial charge on any atom is 0.301 e. The predicted octanol–water partition coefficient (Wildman–Crippen LogP) is 2.05. The lowest BCUT2D eigenvalue weighted by molar-refractivity contribution is -0.385. The van der Waals surface area contributed by atoms with Crippen molar-refractivity contribution in [2.45, 2.75) is 13.3 Å². The largest absolute Gasteiger partial charge is 0.301 e. The van der Waals surface area contributed by atoms with Gasteiger partial charge in [0.15, 0.2) is 12.0 Å². The van der Waals surface area contributed by atoms with Crippen molar-refractivity contribution in [3.63, 3.8) is 0 Å². The molecule has 1 aromatic heterocycles. The molecule has 0 N–H and O–H groups in total. The number of hydrogen-bond donors (Lipinski definition) is 0. The molecule has 15 heavy (non-hydrogen) atoms. The summed E-state index contributed by atoms with van der Waals surface area (Å²) >= 11 is 0. The Labute approximate surface area is 82.9 Å². The molecule has 0 unspecified atom stereocenters. The van der Waals surface area contributed by atoms with Crippen molar-refractivity contribution in [2.24, 2.45) is 0 Å². The van der Waals surface area contributed by atoms with Gasteiger partial charge in [0.2, 0.25) is 0 Å². The van der Waals surface area contributed by atoms with E-state index in [2.05, 4.69) is 4.98 Å². The SMILES string of the molecule is Cc1cc(C(F)F)nc(C=O)c1[N+](=O)[O-]. The number of aryl methyl sites for hydroxylation is 1. The highest BCUT2D eigenvalue weighted by Crippen LogP contribution is 2.25. The summed E-state index contributed by atoms with van der Waals surface area (Å²) in [7, 11) is 0. The quantitative estimate of drug-likeness (QED) is 0.440. The second-order valence-electron chi connectivity index (χ2n) is 2.77. The number of pyridine rings is 1. The predicted molar refractivity (Wildman–Crippen MR) is 46.0 cm³/mol. The summed E-state index contributed by atoms with van der Waals surface area (Å²) in [6.07, 6.45) is -2.76. The van der Waals surface area contributed by atoms with E-state index in [0.717, 1.165) is 6.07 Å². The lowest BCUT2D eigenvalue weighted by Crippen LogP contribution is -2.03. The molecule has 1 aromatic rings. The fourth-order valence-electron chi connectivity index (χ4n) is 1.15. The van der Waals surface area contributed by atoms with Gasteiger partial charge in [0.1, 0.15) is 5.69 Å². The molecular formula is C8H6F2N2O3. The van der Waals surface area contributed by atoms with E-state index in [-0.39, 0.29) is 11.8 Å². The molecule has 0 fully saturated rings. The molecule has 0 aliphatic heterocycles. The number of carbonyl (C=O) groups is 1. The lowest BCUT2D eigenvalue weighted by atomic mass is 10.1. The normalized spacial score (nSPS) is 10.4. The first-order valence-corrected chi connectivity index (χ1v) is 3.86. The van der Waals surface area contributed by atoms with Crippen molar-refractivity contribution in [1.82, 2.24) is 4.98 Å². The van der Waals surface area contributed by atoms with Crippen LogP contribution in [0.2, 0.25) is 0 Å². The summed E-state index contributed by atoms with van der Waals surface area (Å²) in [5.74, 6) is 0. The molecule has 80 valence electrons. The van der Waals surface area contributed by atoms with E-state index in [0.29, 0.717) is 0 Å². The molecule has 1 rings (SSSR count). The van der Waals surface area contributed by atoms with Crippen LogP contribution in [-0.4, -0.2) is 16.2 Å². The zero-order chi connectivity index (χ0) is 11.6. The van der Waals surface area contributed by atoms with Crippen LogP contribution >= 0.6 is 0 Å². The zero-order valence-electron chi connectivity index (χ0n) is 7.61. The molecule has 0 atom stereocenters. The smallest absolute Gasteiger partial charge is 0.296 e. The van der Waals surface area contributed by atoms with E-state index >= 15 is 0 Å². The topological polar surface area (TPSA) is 73.1 Å². The van der Waals surface area contributed by atoms with Crippen LogP contribution in [0.3, 0.4) is 0 Å². The van der Waals surface area contributed by atoms with Crippen molar-refractivity contribution < 1.29 is 18.5 Å². The Morgan fingerprint density at radius 3 is 2.60 bits per heavy atom. The Balaban J connectivity index is 3.44. The van der Waals surface area contributed by atoms with Crippen molar-refractivity contribution in [3.8, 4) is 0 Å². The highest BCUT2D eigenvalue weighted by Gasteiger charge is 2.22. The fourth-order valence-corrected chi connectivity index (χ4v) is 1.15. The summed E-state index contributed by atoms with van der Waals surface area (Å²) < 4.78 is 24.5. The van der Waals surface area contributed by atoms with Crippen LogP contribution in [-0.2, 0) is 0 Å². The Bertz CT molecular complexity index is 421. The number of halogens is 2. The van der Waals surface area contributed by atoms with Crippen LogP contribution < -0.4 is 0 Å². The molecule has 7 heteroatoms. The Kier molecular flexibility index (Phi) is 3.03. The second kappa shape index (κ2) is 4.07. The van der Waals surface area contributed by atoms with Gasteiger partial charge in [-0.3, -0.25) is 14.9 Å². The summed E-state index contributed by atoms with van der Waals surface area (Å²) in [4.78, 5) is 23.3. The van der Waals surface area contributed by atoms with E-state index in [9.17, 15) is 23.7 Å². The van der Waals surface area contributed by atoms with Crippen molar-refractivity contribution in [2.75, 3.05) is 0 Å². The highest BCUT2D eigenvalue weighted by molar-refractivity contribution is 5.79. The van der Waals surface area contributed by atoms with Crippen molar-refractivity contribution in [1.29, 1.82) is 0 Å². The average Bonchev–Trinajstić information content (AvgIpc) is 2.15. The standard InChI is InChI=1S/C8H6F2N2O3/c1-4-2-5(8(9)10)11-6(3-13)7(4)12(14)15/h2-3,8H,1H3.